The molecule has 3 rings (SSSR count). The minimum absolute atomic E-state index is 0.261. The van der Waals surface area contributed by atoms with Gasteiger partial charge in [0.2, 0.25) is 0 Å². The molecular weight excluding hydrogens is 320 g/mol. The van der Waals surface area contributed by atoms with Crippen LogP contribution in [0.25, 0.3) is 11.1 Å². The maximum Gasteiger partial charge on any atom is 0.341 e. The molecule has 1 heterocycles. The van der Waals surface area contributed by atoms with E-state index in [9.17, 15) is 9.59 Å². The standard InChI is InChI=1S/C19H18N2O4/c1-11-7-12(2)9-14(8-11)21-18(22)13(3)25-19(23)15-5-4-6-16-17(15)20-10-24-16/h4-10,13H,1-3H3,(H,21,22). The molecule has 0 saturated carbocycles. The number of ether oxygens (including phenoxy) is 1. The average molecular weight is 338 g/mol. The Balaban J connectivity index is 1.70. The van der Waals surface area contributed by atoms with Gasteiger partial charge in [-0.2, -0.15) is 0 Å². The second kappa shape index (κ2) is 6.76. The fraction of sp³-hybridized carbons (Fsp3) is 0.211. The maximum absolute atomic E-state index is 12.3. The number of oxazole rings is 1. The van der Waals surface area contributed by atoms with Gasteiger partial charge in [0.15, 0.2) is 18.1 Å². The molecule has 1 unspecified atom stereocenters. The zero-order valence-electron chi connectivity index (χ0n) is 14.2. The van der Waals surface area contributed by atoms with Crippen molar-refractivity contribution in [3.8, 4) is 0 Å². The number of carbonyl (C=O) groups is 2. The SMILES string of the molecule is Cc1cc(C)cc(NC(=O)C(C)OC(=O)c2cccc3ocnc23)c1. The quantitative estimate of drug-likeness (QED) is 0.735. The number of esters is 1. The molecule has 0 bridgehead atoms. The van der Waals surface area contributed by atoms with Gasteiger partial charge in [-0.3, -0.25) is 4.79 Å². The summed E-state index contributed by atoms with van der Waals surface area (Å²) >= 11 is 0. The Morgan fingerprint density at radius 1 is 1.16 bits per heavy atom. The number of aromatic nitrogens is 1. The lowest BCUT2D eigenvalue weighted by Gasteiger charge is -2.14. The number of para-hydroxylation sites is 1. The van der Waals surface area contributed by atoms with Crippen molar-refractivity contribution >= 4 is 28.7 Å². The van der Waals surface area contributed by atoms with Crippen LogP contribution in [-0.4, -0.2) is 23.0 Å². The number of carbonyl (C=O) groups excluding carboxylic acids is 2. The summed E-state index contributed by atoms with van der Waals surface area (Å²) in [5.74, 6) is -1.02. The van der Waals surface area contributed by atoms with E-state index in [4.69, 9.17) is 9.15 Å². The average Bonchev–Trinajstić information content (AvgIpc) is 3.02. The number of nitrogens with zero attached hydrogens (tertiary/aromatic N) is 1. The summed E-state index contributed by atoms with van der Waals surface area (Å²) in [6, 6.07) is 10.7. The molecule has 6 nitrogen and oxygen atoms in total. The number of fused-ring (bicyclic) bond motifs is 1. The van der Waals surface area contributed by atoms with Crippen molar-refractivity contribution in [1.82, 2.24) is 4.98 Å². The number of benzene rings is 2. The minimum atomic E-state index is -0.949. The highest BCUT2D eigenvalue weighted by Crippen LogP contribution is 2.19. The third-order valence-corrected chi connectivity index (χ3v) is 3.72. The highest BCUT2D eigenvalue weighted by Gasteiger charge is 2.21. The highest BCUT2D eigenvalue weighted by atomic mass is 16.5. The molecule has 0 fully saturated rings. The molecule has 25 heavy (non-hydrogen) atoms. The first-order valence-corrected chi connectivity index (χ1v) is 7.86. The summed E-state index contributed by atoms with van der Waals surface area (Å²) in [4.78, 5) is 28.7. The number of anilines is 1. The van der Waals surface area contributed by atoms with E-state index in [0.717, 1.165) is 11.1 Å². The summed E-state index contributed by atoms with van der Waals surface area (Å²) in [5, 5.41) is 2.76. The Morgan fingerprint density at radius 2 is 1.88 bits per heavy atom. The van der Waals surface area contributed by atoms with Gasteiger partial charge in [0, 0.05) is 5.69 Å². The third-order valence-electron chi connectivity index (χ3n) is 3.72. The van der Waals surface area contributed by atoms with Crippen molar-refractivity contribution in [2.45, 2.75) is 26.9 Å². The summed E-state index contributed by atoms with van der Waals surface area (Å²) < 4.78 is 10.4. The van der Waals surface area contributed by atoms with E-state index >= 15 is 0 Å². The van der Waals surface area contributed by atoms with Crippen molar-refractivity contribution in [3.63, 3.8) is 0 Å². The number of hydrogen-bond acceptors (Lipinski definition) is 5. The first kappa shape index (κ1) is 16.7. The van der Waals surface area contributed by atoms with Crippen LogP contribution in [0.4, 0.5) is 5.69 Å². The molecule has 3 aromatic rings. The molecule has 128 valence electrons. The first-order valence-electron chi connectivity index (χ1n) is 7.86. The summed E-state index contributed by atoms with van der Waals surface area (Å²) in [6.07, 6.45) is 0.313. The van der Waals surface area contributed by atoms with E-state index in [1.165, 1.54) is 13.3 Å². The number of rotatable bonds is 4. The molecule has 1 aromatic heterocycles. The van der Waals surface area contributed by atoms with Crippen LogP contribution in [-0.2, 0) is 9.53 Å². The third kappa shape index (κ3) is 3.68. The lowest BCUT2D eigenvalue weighted by Crippen LogP contribution is -2.30. The zero-order chi connectivity index (χ0) is 18.0. The van der Waals surface area contributed by atoms with Crippen LogP contribution in [0.5, 0.6) is 0 Å². The van der Waals surface area contributed by atoms with Crippen molar-refractivity contribution < 1.29 is 18.7 Å². The molecule has 1 amide bonds. The van der Waals surface area contributed by atoms with E-state index in [0.29, 0.717) is 16.8 Å². The Morgan fingerprint density at radius 3 is 2.60 bits per heavy atom. The number of nitrogens with one attached hydrogen (secondary N) is 1. The Labute approximate surface area is 144 Å². The minimum Gasteiger partial charge on any atom is -0.449 e. The van der Waals surface area contributed by atoms with Crippen molar-refractivity contribution in [2.75, 3.05) is 5.32 Å². The molecule has 0 spiro atoms. The van der Waals surface area contributed by atoms with Crippen molar-refractivity contribution in [3.05, 3.63) is 59.5 Å². The molecule has 0 aliphatic carbocycles. The number of hydrogen-bond donors (Lipinski definition) is 1. The molecule has 0 radical (unpaired) electrons. The van der Waals surface area contributed by atoms with Crippen LogP contribution >= 0.6 is 0 Å². The van der Waals surface area contributed by atoms with E-state index in [1.54, 1.807) is 18.2 Å². The van der Waals surface area contributed by atoms with Crippen molar-refractivity contribution in [1.29, 1.82) is 0 Å². The zero-order valence-corrected chi connectivity index (χ0v) is 14.2. The lowest BCUT2D eigenvalue weighted by molar-refractivity contribution is -0.123. The van der Waals surface area contributed by atoms with E-state index in [-0.39, 0.29) is 5.56 Å². The van der Waals surface area contributed by atoms with E-state index in [1.807, 2.05) is 32.0 Å². The molecule has 1 atom stereocenters. The fourth-order valence-corrected chi connectivity index (χ4v) is 2.62. The maximum atomic E-state index is 12.3. The Kier molecular flexibility index (Phi) is 4.52. The van der Waals surface area contributed by atoms with Gasteiger partial charge in [-0.15, -0.1) is 0 Å². The molecule has 0 saturated heterocycles. The van der Waals surface area contributed by atoms with E-state index < -0.39 is 18.0 Å². The van der Waals surface area contributed by atoms with Crippen molar-refractivity contribution in [2.24, 2.45) is 0 Å². The molecule has 2 aromatic carbocycles. The van der Waals surface area contributed by atoms with Gasteiger partial charge in [-0.05, 0) is 56.2 Å². The highest BCUT2D eigenvalue weighted by molar-refractivity contribution is 6.03. The fourth-order valence-electron chi connectivity index (χ4n) is 2.62. The molecule has 0 aliphatic rings. The molecule has 0 aliphatic heterocycles. The van der Waals surface area contributed by atoms with Gasteiger partial charge in [0.1, 0.15) is 5.52 Å². The summed E-state index contributed by atoms with van der Waals surface area (Å²) in [5.41, 5.74) is 3.91. The van der Waals surface area contributed by atoms with Crippen LogP contribution in [0.2, 0.25) is 0 Å². The Hall–Kier alpha value is -3.15. The molecule has 1 N–H and O–H groups in total. The molecule has 6 heteroatoms. The van der Waals surface area contributed by atoms with Crippen LogP contribution in [0.3, 0.4) is 0 Å². The first-order chi connectivity index (χ1) is 11.9. The van der Waals surface area contributed by atoms with Crippen LogP contribution < -0.4 is 5.32 Å². The van der Waals surface area contributed by atoms with Crippen LogP contribution in [0.15, 0.2) is 47.2 Å². The Bertz CT molecular complexity index is 925. The van der Waals surface area contributed by atoms with Crippen LogP contribution in [0.1, 0.15) is 28.4 Å². The summed E-state index contributed by atoms with van der Waals surface area (Å²) in [7, 11) is 0. The number of aryl methyl sites for hydroxylation is 2. The number of amides is 1. The monoisotopic (exact) mass is 338 g/mol. The van der Waals surface area contributed by atoms with Crippen LogP contribution in [0, 0.1) is 13.8 Å². The normalized spacial score (nSPS) is 12.0. The molecular formula is C19H18N2O4. The lowest BCUT2D eigenvalue weighted by atomic mass is 10.1. The van der Waals surface area contributed by atoms with Gasteiger partial charge in [-0.25, -0.2) is 9.78 Å². The predicted molar refractivity (Wildman–Crippen MR) is 93.4 cm³/mol. The van der Waals surface area contributed by atoms with Gasteiger partial charge < -0.3 is 14.5 Å². The van der Waals surface area contributed by atoms with E-state index in [2.05, 4.69) is 10.3 Å². The van der Waals surface area contributed by atoms with Gasteiger partial charge in [-0.1, -0.05) is 12.1 Å². The second-order valence-electron chi connectivity index (χ2n) is 5.92. The van der Waals surface area contributed by atoms with Gasteiger partial charge >= 0.3 is 5.97 Å². The summed E-state index contributed by atoms with van der Waals surface area (Å²) in [6.45, 7) is 5.42. The topological polar surface area (TPSA) is 81.4 Å². The predicted octanol–water partition coefficient (Wildman–Crippen LogP) is 3.63. The van der Waals surface area contributed by atoms with Gasteiger partial charge in [0.25, 0.3) is 5.91 Å². The smallest absolute Gasteiger partial charge is 0.341 e. The largest absolute Gasteiger partial charge is 0.449 e. The second-order valence-corrected chi connectivity index (χ2v) is 5.92. The van der Waals surface area contributed by atoms with Gasteiger partial charge in [0.05, 0.1) is 5.56 Å².